The zero-order valence-electron chi connectivity index (χ0n) is 15.8. The first-order valence-electron chi connectivity index (χ1n) is 9.51. The molecular formula is C18H23F3N6O2. The van der Waals surface area contributed by atoms with Crippen molar-refractivity contribution in [1.29, 1.82) is 5.26 Å². The molecule has 0 unspecified atom stereocenters. The summed E-state index contributed by atoms with van der Waals surface area (Å²) in [6.07, 6.45) is 0.444. The molecule has 2 fully saturated rings. The van der Waals surface area contributed by atoms with Gasteiger partial charge in [-0.25, -0.2) is 0 Å². The van der Waals surface area contributed by atoms with Gasteiger partial charge in [-0.3, -0.25) is 14.3 Å². The Labute approximate surface area is 165 Å². The number of anilines is 1. The molecule has 1 aromatic heterocycles. The van der Waals surface area contributed by atoms with Crippen LogP contribution in [0.15, 0.2) is 6.20 Å². The van der Waals surface area contributed by atoms with Crippen LogP contribution >= 0.6 is 0 Å². The molecule has 0 radical (unpaired) electrons. The Balaban J connectivity index is 1.77. The summed E-state index contributed by atoms with van der Waals surface area (Å²) < 4.78 is 38.8. The van der Waals surface area contributed by atoms with Gasteiger partial charge in [0.05, 0.1) is 24.6 Å². The molecule has 0 aliphatic heterocycles. The van der Waals surface area contributed by atoms with E-state index in [1.807, 2.05) is 0 Å². The molecule has 29 heavy (non-hydrogen) atoms. The van der Waals surface area contributed by atoms with E-state index in [2.05, 4.69) is 21.8 Å². The molecule has 0 bridgehead atoms. The van der Waals surface area contributed by atoms with Crippen molar-refractivity contribution in [2.24, 2.45) is 11.7 Å². The van der Waals surface area contributed by atoms with Gasteiger partial charge >= 0.3 is 6.18 Å². The lowest BCUT2D eigenvalue weighted by atomic mass is 9.77. The van der Waals surface area contributed by atoms with Crippen LogP contribution in [0.2, 0.25) is 0 Å². The van der Waals surface area contributed by atoms with Gasteiger partial charge < -0.3 is 16.4 Å². The zero-order chi connectivity index (χ0) is 21.2. The summed E-state index contributed by atoms with van der Waals surface area (Å²) in [7, 11) is 0. The first-order valence-corrected chi connectivity index (χ1v) is 9.51. The SMILES string of the molecule is N#CC[C@]1(n2cc(C(N)=O)c(NC(=O)C3CC3)n2)CC[C@@H](NCC(F)(F)F)CC1. The highest BCUT2D eigenvalue weighted by Crippen LogP contribution is 2.39. The summed E-state index contributed by atoms with van der Waals surface area (Å²) in [6, 6.07) is 1.79. The molecule has 8 nitrogen and oxygen atoms in total. The molecule has 0 saturated heterocycles. The third-order valence-corrected chi connectivity index (χ3v) is 5.57. The largest absolute Gasteiger partial charge is 0.401 e. The minimum atomic E-state index is -4.28. The molecule has 2 saturated carbocycles. The molecule has 3 rings (SSSR count). The van der Waals surface area contributed by atoms with E-state index in [1.165, 1.54) is 10.9 Å². The number of carbonyl (C=O) groups is 2. The third-order valence-electron chi connectivity index (χ3n) is 5.57. The summed E-state index contributed by atoms with van der Waals surface area (Å²) in [6.45, 7) is -1.06. The minimum Gasteiger partial charge on any atom is -0.365 e. The maximum Gasteiger partial charge on any atom is 0.401 e. The number of carbonyl (C=O) groups excluding carboxylic acids is 2. The first kappa shape index (κ1) is 21.1. The van der Waals surface area contributed by atoms with Crippen molar-refractivity contribution in [3.63, 3.8) is 0 Å². The monoisotopic (exact) mass is 412 g/mol. The highest BCUT2D eigenvalue weighted by atomic mass is 19.4. The number of nitrogens with one attached hydrogen (secondary N) is 2. The van der Waals surface area contributed by atoms with Crippen LogP contribution < -0.4 is 16.4 Å². The summed E-state index contributed by atoms with van der Waals surface area (Å²) >= 11 is 0. The average Bonchev–Trinajstić information content (AvgIpc) is 3.41. The van der Waals surface area contributed by atoms with Crippen LogP contribution in [0.5, 0.6) is 0 Å². The minimum absolute atomic E-state index is 0.0497. The molecule has 0 atom stereocenters. The Kier molecular flexibility index (Phi) is 5.84. The molecule has 1 heterocycles. The van der Waals surface area contributed by atoms with E-state index in [0.29, 0.717) is 25.7 Å². The van der Waals surface area contributed by atoms with Gasteiger partial charge in [0.25, 0.3) is 5.91 Å². The Bertz CT molecular complexity index is 817. The number of amides is 2. The van der Waals surface area contributed by atoms with Crippen molar-refractivity contribution in [1.82, 2.24) is 15.1 Å². The van der Waals surface area contributed by atoms with Crippen LogP contribution in [0.4, 0.5) is 19.0 Å². The standard InChI is InChI=1S/C18H23F3N6O2/c19-18(20,21)10-24-12-3-5-17(6-4-12,7-8-22)27-9-13(14(23)28)15(26-27)25-16(29)11-1-2-11/h9,11-12,24H,1-7,10H2,(H2,23,28)(H,25,26,29)/t12-,17+. The van der Waals surface area contributed by atoms with Gasteiger partial charge in [-0.1, -0.05) is 0 Å². The molecule has 2 aliphatic rings. The quantitative estimate of drug-likeness (QED) is 0.632. The lowest BCUT2D eigenvalue weighted by Crippen LogP contribution is -2.45. The Morgan fingerprint density at radius 2 is 1.97 bits per heavy atom. The maximum atomic E-state index is 12.4. The predicted octanol–water partition coefficient (Wildman–Crippen LogP) is 2.03. The molecular weight excluding hydrogens is 389 g/mol. The number of rotatable bonds is 7. The van der Waals surface area contributed by atoms with Crippen LogP contribution in [0, 0.1) is 17.2 Å². The molecule has 4 N–H and O–H groups in total. The summed E-state index contributed by atoms with van der Waals surface area (Å²) in [5.41, 5.74) is 4.70. The van der Waals surface area contributed by atoms with Gasteiger partial charge in [-0.15, -0.1) is 0 Å². The van der Waals surface area contributed by atoms with E-state index >= 15 is 0 Å². The van der Waals surface area contributed by atoms with Crippen molar-refractivity contribution >= 4 is 17.6 Å². The second-order valence-corrected chi connectivity index (χ2v) is 7.79. The van der Waals surface area contributed by atoms with Crippen molar-refractivity contribution in [2.75, 3.05) is 11.9 Å². The third kappa shape index (κ3) is 5.06. The maximum absolute atomic E-state index is 12.4. The number of alkyl halides is 3. The number of aromatic nitrogens is 2. The fourth-order valence-electron chi connectivity index (χ4n) is 3.71. The number of hydrogen-bond donors (Lipinski definition) is 3. The topological polar surface area (TPSA) is 126 Å². The number of nitriles is 1. The fraction of sp³-hybridized carbons (Fsp3) is 0.667. The number of primary amides is 1. The van der Waals surface area contributed by atoms with Crippen LogP contribution in [0.1, 0.15) is 55.3 Å². The van der Waals surface area contributed by atoms with Crippen molar-refractivity contribution < 1.29 is 22.8 Å². The van der Waals surface area contributed by atoms with E-state index in [-0.39, 0.29) is 35.7 Å². The van der Waals surface area contributed by atoms with Crippen LogP contribution in [0.25, 0.3) is 0 Å². The lowest BCUT2D eigenvalue weighted by molar-refractivity contribution is -0.127. The molecule has 0 aromatic carbocycles. The van der Waals surface area contributed by atoms with Crippen molar-refractivity contribution in [2.45, 2.75) is 62.7 Å². The average molecular weight is 412 g/mol. The van der Waals surface area contributed by atoms with E-state index < -0.39 is 24.2 Å². The van der Waals surface area contributed by atoms with E-state index in [0.717, 1.165) is 12.8 Å². The lowest BCUT2D eigenvalue weighted by Gasteiger charge is -2.39. The van der Waals surface area contributed by atoms with Gasteiger partial charge in [0, 0.05) is 18.2 Å². The van der Waals surface area contributed by atoms with Crippen molar-refractivity contribution in [3.05, 3.63) is 11.8 Å². The molecule has 0 spiro atoms. The second kappa shape index (κ2) is 8.02. The summed E-state index contributed by atoms with van der Waals surface area (Å²) in [5.74, 6) is -1.02. The number of halogens is 3. The van der Waals surface area contributed by atoms with Gasteiger partial charge in [-0.2, -0.15) is 23.5 Å². The Morgan fingerprint density at radius 1 is 1.31 bits per heavy atom. The van der Waals surface area contributed by atoms with Crippen LogP contribution in [-0.4, -0.2) is 40.4 Å². The van der Waals surface area contributed by atoms with Gasteiger partial charge in [0.2, 0.25) is 5.91 Å². The molecule has 2 aliphatic carbocycles. The second-order valence-electron chi connectivity index (χ2n) is 7.79. The highest BCUT2D eigenvalue weighted by molar-refractivity contribution is 6.02. The van der Waals surface area contributed by atoms with Gasteiger partial charge in [0.15, 0.2) is 5.82 Å². The predicted molar refractivity (Wildman–Crippen MR) is 96.6 cm³/mol. The van der Waals surface area contributed by atoms with Crippen molar-refractivity contribution in [3.8, 4) is 6.07 Å². The Hall–Kier alpha value is -2.61. The van der Waals surface area contributed by atoms with Crippen LogP contribution in [0.3, 0.4) is 0 Å². The smallest absolute Gasteiger partial charge is 0.365 e. The Morgan fingerprint density at radius 3 is 2.48 bits per heavy atom. The van der Waals surface area contributed by atoms with E-state index in [9.17, 15) is 28.0 Å². The summed E-state index contributed by atoms with van der Waals surface area (Å²) in [5, 5.41) is 18.8. The number of hydrogen-bond acceptors (Lipinski definition) is 5. The van der Waals surface area contributed by atoms with Crippen LogP contribution in [-0.2, 0) is 10.3 Å². The van der Waals surface area contributed by atoms with E-state index in [1.54, 1.807) is 0 Å². The zero-order valence-corrected chi connectivity index (χ0v) is 15.8. The summed E-state index contributed by atoms with van der Waals surface area (Å²) in [4.78, 5) is 23.9. The normalized spacial score (nSPS) is 24.7. The number of nitrogens with zero attached hydrogens (tertiary/aromatic N) is 3. The molecule has 158 valence electrons. The van der Waals surface area contributed by atoms with Gasteiger partial charge in [-0.05, 0) is 38.5 Å². The van der Waals surface area contributed by atoms with E-state index in [4.69, 9.17) is 5.73 Å². The molecule has 2 amide bonds. The molecule has 11 heteroatoms. The first-order chi connectivity index (χ1) is 13.6. The van der Waals surface area contributed by atoms with Gasteiger partial charge in [0.1, 0.15) is 5.56 Å². The highest BCUT2D eigenvalue weighted by Gasteiger charge is 2.40. The molecule has 1 aromatic rings. The number of nitrogens with two attached hydrogens (primary N) is 1. The fourth-order valence-corrected chi connectivity index (χ4v) is 3.71.